The molecule has 5 rings (SSSR count). The average molecular weight is 566 g/mol. The van der Waals surface area contributed by atoms with Crippen molar-refractivity contribution >= 4 is 37.6 Å². The second kappa shape index (κ2) is 10.5. The van der Waals surface area contributed by atoms with Crippen LogP contribution in [-0.2, 0) is 24.2 Å². The highest BCUT2D eigenvalue weighted by atomic mass is 35.5. The number of nitrogens with one attached hydrogen (secondary N) is 1. The number of hydrogen-bond donors (Lipinski definition) is 1. The molecule has 3 aliphatic rings. The highest BCUT2D eigenvalue weighted by Gasteiger charge is 2.34. The van der Waals surface area contributed by atoms with Crippen molar-refractivity contribution in [3.8, 4) is 11.8 Å². The molecule has 0 fully saturated rings. The molecular formula is C26H28ClF3N5O2P. The van der Waals surface area contributed by atoms with E-state index in [-0.39, 0.29) is 36.0 Å². The van der Waals surface area contributed by atoms with Crippen LogP contribution in [0.2, 0.25) is 5.28 Å². The molecule has 1 aliphatic carbocycles. The minimum absolute atomic E-state index is 0.00865. The summed E-state index contributed by atoms with van der Waals surface area (Å²) in [6.07, 6.45) is 0.745. The van der Waals surface area contributed by atoms with Crippen molar-refractivity contribution in [1.82, 2.24) is 25.2 Å². The minimum Gasteiger partial charge on any atom is -0.419 e. The van der Waals surface area contributed by atoms with Gasteiger partial charge in [0.1, 0.15) is 0 Å². The summed E-state index contributed by atoms with van der Waals surface area (Å²) in [4.78, 5) is 27.1. The van der Waals surface area contributed by atoms with Crippen LogP contribution in [0.5, 0.6) is 11.8 Å². The predicted octanol–water partition coefficient (Wildman–Crippen LogP) is 4.68. The number of nitrogens with zero attached hydrogens (tertiary/aromatic N) is 4. The fraction of sp³-hybridized carbons (Fsp3) is 0.462. The SMILES string of the molecule is CCC1=C(C2=C(C)CCNC2=O)CCc2cnc(Oc3nc(Cl)nc4c3CN(CC(F)(F)F)CC4)c(P)c21. The smallest absolute Gasteiger partial charge is 0.401 e. The summed E-state index contributed by atoms with van der Waals surface area (Å²) in [5.41, 5.74) is 7.02. The Bertz CT molecular complexity index is 1380. The Morgan fingerprint density at radius 2 is 1.97 bits per heavy atom. The fourth-order valence-corrected chi connectivity index (χ4v) is 6.22. The van der Waals surface area contributed by atoms with Crippen molar-refractivity contribution in [2.75, 3.05) is 19.6 Å². The van der Waals surface area contributed by atoms with Gasteiger partial charge in [0.25, 0.3) is 5.91 Å². The molecule has 1 amide bonds. The first-order chi connectivity index (χ1) is 18.1. The molecule has 2 aromatic heterocycles. The summed E-state index contributed by atoms with van der Waals surface area (Å²) < 4.78 is 45.3. The Morgan fingerprint density at radius 3 is 2.68 bits per heavy atom. The first kappa shape index (κ1) is 27.0. The third-order valence-electron chi connectivity index (χ3n) is 7.23. The van der Waals surface area contributed by atoms with E-state index in [4.69, 9.17) is 16.3 Å². The topological polar surface area (TPSA) is 80.2 Å². The number of halogens is 4. The monoisotopic (exact) mass is 565 g/mol. The quantitative estimate of drug-likeness (QED) is 0.419. The van der Waals surface area contributed by atoms with Gasteiger partial charge in [-0.25, -0.2) is 9.97 Å². The van der Waals surface area contributed by atoms with Gasteiger partial charge >= 0.3 is 6.18 Å². The molecule has 4 heterocycles. The van der Waals surface area contributed by atoms with Gasteiger partial charge in [-0.05, 0) is 66.5 Å². The number of carbonyl (C=O) groups excluding carboxylic acids is 1. The molecule has 0 radical (unpaired) electrons. The van der Waals surface area contributed by atoms with Gasteiger partial charge in [0.15, 0.2) is 0 Å². The Balaban J connectivity index is 1.54. The molecular weight excluding hydrogens is 538 g/mol. The normalized spacial score (nSPS) is 18.3. The number of amides is 1. The summed E-state index contributed by atoms with van der Waals surface area (Å²) >= 11 is 6.15. The highest BCUT2D eigenvalue weighted by molar-refractivity contribution is 7.28. The van der Waals surface area contributed by atoms with Gasteiger partial charge in [0, 0.05) is 43.1 Å². The molecule has 38 heavy (non-hydrogen) atoms. The van der Waals surface area contributed by atoms with E-state index in [2.05, 4.69) is 36.4 Å². The Morgan fingerprint density at radius 1 is 1.18 bits per heavy atom. The number of alkyl halides is 3. The lowest BCUT2D eigenvalue weighted by molar-refractivity contribution is -0.147. The fourth-order valence-electron chi connectivity index (χ4n) is 5.55. The molecule has 2 aromatic rings. The molecule has 12 heteroatoms. The number of pyridine rings is 1. The highest BCUT2D eigenvalue weighted by Crippen LogP contribution is 2.40. The number of aromatic nitrogens is 3. The molecule has 202 valence electrons. The van der Waals surface area contributed by atoms with Crippen LogP contribution >= 0.6 is 20.8 Å². The van der Waals surface area contributed by atoms with Gasteiger partial charge in [-0.2, -0.15) is 18.2 Å². The standard InChI is InChI=1S/C26H28ClF3N5O2P/c1-3-15-16(19-13(2)6-8-31-22(19)36)5-4-14-10-32-24(21(38)20(14)15)37-23-17-11-35(12-26(28,29)30)9-7-18(17)33-25(27)34-23/h10H,3-9,11-12,38H2,1-2H3,(H,31,36). The van der Waals surface area contributed by atoms with Gasteiger partial charge < -0.3 is 10.1 Å². The number of ether oxygens (including phenoxy) is 1. The lowest BCUT2D eigenvalue weighted by Gasteiger charge is -2.30. The van der Waals surface area contributed by atoms with Gasteiger partial charge in [-0.3, -0.25) is 9.69 Å². The van der Waals surface area contributed by atoms with E-state index in [1.807, 2.05) is 6.92 Å². The van der Waals surface area contributed by atoms with E-state index < -0.39 is 12.7 Å². The number of aryl methyl sites for hydroxylation is 1. The second-order valence-corrected chi connectivity index (χ2v) is 10.7. The Kier molecular flexibility index (Phi) is 7.50. The molecule has 0 spiro atoms. The summed E-state index contributed by atoms with van der Waals surface area (Å²) in [5, 5.41) is 3.64. The maximum Gasteiger partial charge on any atom is 0.401 e. The van der Waals surface area contributed by atoms with Crippen LogP contribution in [0, 0.1) is 0 Å². The van der Waals surface area contributed by atoms with Crippen LogP contribution in [0.3, 0.4) is 0 Å². The Labute approximate surface area is 226 Å². The van der Waals surface area contributed by atoms with Crippen LogP contribution in [0.4, 0.5) is 13.2 Å². The molecule has 1 unspecified atom stereocenters. The number of rotatable bonds is 5. The number of carbonyl (C=O) groups is 1. The summed E-state index contributed by atoms with van der Waals surface area (Å²) in [7, 11) is 2.70. The first-order valence-electron chi connectivity index (χ1n) is 12.6. The molecule has 1 N–H and O–H groups in total. The van der Waals surface area contributed by atoms with Crippen LogP contribution in [0.15, 0.2) is 22.9 Å². The van der Waals surface area contributed by atoms with Crippen LogP contribution in [0.1, 0.15) is 55.5 Å². The van der Waals surface area contributed by atoms with E-state index in [0.29, 0.717) is 35.9 Å². The largest absolute Gasteiger partial charge is 0.419 e. The summed E-state index contributed by atoms with van der Waals surface area (Å²) in [6.45, 7) is 3.88. The van der Waals surface area contributed by atoms with Gasteiger partial charge in [-0.1, -0.05) is 21.7 Å². The van der Waals surface area contributed by atoms with Crippen LogP contribution in [0.25, 0.3) is 5.57 Å². The Hall–Kier alpha value is -2.55. The third kappa shape index (κ3) is 5.31. The van der Waals surface area contributed by atoms with Crippen LogP contribution in [-0.4, -0.2) is 51.6 Å². The molecule has 0 saturated heterocycles. The zero-order valence-corrected chi connectivity index (χ0v) is 23.0. The van der Waals surface area contributed by atoms with E-state index in [9.17, 15) is 18.0 Å². The molecule has 7 nitrogen and oxygen atoms in total. The van der Waals surface area contributed by atoms with Gasteiger partial charge in [0.2, 0.25) is 17.0 Å². The second-order valence-electron chi connectivity index (χ2n) is 9.75. The van der Waals surface area contributed by atoms with Crippen molar-refractivity contribution in [1.29, 1.82) is 0 Å². The molecule has 1 atom stereocenters. The zero-order valence-electron chi connectivity index (χ0n) is 21.1. The number of hydrogen-bond acceptors (Lipinski definition) is 6. The van der Waals surface area contributed by atoms with Crippen molar-refractivity contribution in [2.45, 2.75) is 58.7 Å². The molecule has 0 bridgehead atoms. The molecule has 2 aliphatic heterocycles. The lowest BCUT2D eigenvalue weighted by Crippen LogP contribution is -2.38. The van der Waals surface area contributed by atoms with E-state index in [1.54, 1.807) is 6.20 Å². The predicted molar refractivity (Wildman–Crippen MR) is 142 cm³/mol. The van der Waals surface area contributed by atoms with Crippen molar-refractivity contribution in [3.05, 3.63) is 50.6 Å². The van der Waals surface area contributed by atoms with E-state index >= 15 is 0 Å². The van der Waals surface area contributed by atoms with E-state index in [0.717, 1.165) is 52.7 Å². The summed E-state index contributed by atoms with van der Waals surface area (Å²) in [5.74, 6) is 0.329. The number of allylic oxidation sites excluding steroid dienone is 1. The zero-order chi connectivity index (χ0) is 27.2. The number of fused-ring (bicyclic) bond motifs is 2. The lowest BCUT2D eigenvalue weighted by atomic mass is 9.79. The molecule has 0 saturated carbocycles. The summed E-state index contributed by atoms with van der Waals surface area (Å²) in [6, 6.07) is 0. The minimum atomic E-state index is -4.32. The third-order valence-corrected chi connectivity index (χ3v) is 7.94. The average Bonchev–Trinajstić information content (AvgIpc) is 2.85. The maximum atomic E-state index is 13.1. The van der Waals surface area contributed by atoms with Gasteiger partial charge in [0.05, 0.1) is 17.8 Å². The maximum absolute atomic E-state index is 13.1. The van der Waals surface area contributed by atoms with Crippen molar-refractivity contribution in [2.24, 2.45) is 0 Å². The van der Waals surface area contributed by atoms with Crippen molar-refractivity contribution in [3.63, 3.8) is 0 Å². The van der Waals surface area contributed by atoms with E-state index in [1.165, 1.54) is 4.90 Å². The molecule has 0 aromatic carbocycles. The van der Waals surface area contributed by atoms with Crippen LogP contribution < -0.4 is 15.4 Å². The first-order valence-corrected chi connectivity index (χ1v) is 13.5. The van der Waals surface area contributed by atoms with Gasteiger partial charge in [-0.15, -0.1) is 0 Å². The van der Waals surface area contributed by atoms with Crippen molar-refractivity contribution < 1.29 is 22.7 Å².